The first-order chi connectivity index (χ1) is 15.7. The second-order valence-electron chi connectivity index (χ2n) is 7.15. The molecular formula is C26H20N4O2. The van der Waals surface area contributed by atoms with Crippen LogP contribution in [0.4, 0.5) is 0 Å². The molecule has 0 aromatic heterocycles. The molecule has 6 nitrogen and oxygen atoms in total. The van der Waals surface area contributed by atoms with Crippen LogP contribution in [0.3, 0.4) is 0 Å². The Balaban J connectivity index is 1.57. The van der Waals surface area contributed by atoms with E-state index in [0.717, 1.165) is 5.56 Å². The van der Waals surface area contributed by atoms with Gasteiger partial charge in [0.25, 0.3) is 11.8 Å². The van der Waals surface area contributed by atoms with Crippen molar-refractivity contribution in [3.8, 4) is 6.07 Å². The molecule has 0 radical (unpaired) electrons. The van der Waals surface area contributed by atoms with Crippen LogP contribution in [-0.4, -0.2) is 24.2 Å². The number of carbonyl (C=O) groups is 2. The summed E-state index contributed by atoms with van der Waals surface area (Å²) < 4.78 is 0. The van der Waals surface area contributed by atoms with Gasteiger partial charge in [-0.3, -0.25) is 9.59 Å². The number of hydrogen-bond acceptors (Lipinski definition) is 4. The van der Waals surface area contributed by atoms with Crippen LogP contribution in [0.25, 0.3) is 5.70 Å². The van der Waals surface area contributed by atoms with Gasteiger partial charge in [0, 0.05) is 23.2 Å². The van der Waals surface area contributed by atoms with Crippen molar-refractivity contribution in [1.82, 2.24) is 10.6 Å². The Morgan fingerprint density at radius 3 is 2.16 bits per heavy atom. The molecule has 32 heavy (non-hydrogen) atoms. The van der Waals surface area contributed by atoms with Gasteiger partial charge in [0.15, 0.2) is 0 Å². The fourth-order valence-electron chi connectivity index (χ4n) is 3.45. The quantitative estimate of drug-likeness (QED) is 0.489. The lowest BCUT2D eigenvalue weighted by Crippen LogP contribution is -2.30. The molecule has 0 bridgehead atoms. The molecule has 4 rings (SSSR count). The first-order valence-electron chi connectivity index (χ1n) is 10.2. The maximum absolute atomic E-state index is 12.8. The second kappa shape index (κ2) is 9.54. The predicted molar refractivity (Wildman–Crippen MR) is 123 cm³/mol. The van der Waals surface area contributed by atoms with Gasteiger partial charge in [0.05, 0.1) is 5.70 Å². The van der Waals surface area contributed by atoms with Crippen molar-refractivity contribution < 1.29 is 9.59 Å². The highest BCUT2D eigenvalue weighted by molar-refractivity contribution is 6.20. The van der Waals surface area contributed by atoms with Gasteiger partial charge in [0.1, 0.15) is 17.5 Å². The Labute approximate surface area is 185 Å². The first kappa shape index (κ1) is 20.8. The molecular weight excluding hydrogens is 400 g/mol. The highest BCUT2D eigenvalue weighted by Gasteiger charge is 2.27. The lowest BCUT2D eigenvalue weighted by molar-refractivity contribution is -0.117. The average Bonchev–Trinajstić information content (AvgIpc) is 3.19. The minimum absolute atomic E-state index is 0.0885. The summed E-state index contributed by atoms with van der Waals surface area (Å²) in [7, 11) is 0. The summed E-state index contributed by atoms with van der Waals surface area (Å²) in [6, 6.07) is 27.8. The van der Waals surface area contributed by atoms with Crippen LogP contribution in [0.5, 0.6) is 0 Å². The molecule has 2 amide bonds. The molecule has 0 saturated heterocycles. The minimum Gasteiger partial charge on any atom is -0.351 e. The van der Waals surface area contributed by atoms with Gasteiger partial charge < -0.3 is 10.6 Å². The zero-order valence-electron chi connectivity index (χ0n) is 17.2. The molecule has 1 aliphatic heterocycles. The molecule has 0 fully saturated rings. The largest absolute Gasteiger partial charge is 0.351 e. The molecule has 0 spiro atoms. The molecule has 3 aromatic rings. The van der Waals surface area contributed by atoms with Crippen LogP contribution in [0, 0.1) is 11.3 Å². The number of nitrogens with zero attached hydrogens (tertiary/aromatic N) is 2. The number of benzene rings is 3. The summed E-state index contributed by atoms with van der Waals surface area (Å²) in [6.45, 7) is 0.393. The third-order valence-electron chi connectivity index (χ3n) is 5.05. The van der Waals surface area contributed by atoms with Crippen molar-refractivity contribution in [2.75, 3.05) is 6.54 Å². The lowest BCUT2D eigenvalue weighted by Gasteiger charge is -2.06. The Hall–Kier alpha value is -4.50. The van der Waals surface area contributed by atoms with E-state index in [2.05, 4.69) is 15.6 Å². The monoisotopic (exact) mass is 420 g/mol. The molecule has 3 aromatic carbocycles. The molecule has 2 N–H and O–H groups in total. The normalized spacial score (nSPS) is 13.4. The van der Waals surface area contributed by atoms with E-state index in [9.17, 15) is 14.9 Å². The number of nitriles is 1. The second-order valence-corrected chi connectivity index (χ2v) is 7.15. The molecule has 6 heteroatoms. The van der Waals surface area contributed by atoms with E-state index in [0.29, 0.717) is 35.5 Å². The molecule has 0 atom stereocenters. The molecule has 0 saturated carbocycles. The fraction of sp³-hybridized carbons (Fsp3) is 0.0769. The summed E-state index contributed by atoms with van der Waals surface area (Å²) >= 11 is 0. The number of amides is 2. The van der Waals surface area contributed by atoms with E-state index in [4.69, 9.17) is 0 Å². The zero-order valence-corrected chi connectivity index (χ0v) is 17.2. The van der Waals surface area contributed by atoms with Gasteiger partial charge in [-0.2, -0.15) is 5.26 Å². The van der Waals surface area contributed by atoms with Crippen LogP contribution in [0.15, 0.2) is 95.5 Å². The van der Waals surface area contributed by atoms with Crippen LogP contribution < -0.4 is 10.6 Å². The molecule has 0 unspecified atom stereocenters. The van der Waals surface area contributed by atoms with Crippen LogP contribution in [0.2, 0.25) is 0 Å². The standard InChI is InChI=1S/C26H20N4O2/c27-17-22(26(32)28-16-15-18-9-3-1-4-10-18)23-20-13-7-8-14-21(20)24(29-23)30-25(31)19-11-5-2-6-12-19/h1-14H,15-16H2,(H,28,32)(H,29,30,31). The number of nitrogens with one attached hydrogen (secondary N) is 2. The van der Waals surface area contributed by atoms with Crippen LogP contribution in [-0.2, 0) is 11.2 Å². The Kier molecular flexibility index (Phi) is 6.19. The minimum atomic E-state index is -0.493. The third-order valence-corrected chi connectivity index (χ3v) is 5.05. The van der Waals surface area contributed by atoms with Crippen molar-refractivity contribution in [2.24, 2.45) is 4.99 Å². The molecule has 0 aliphatic carbocycles. The van der Waals surface area contributed by atoms with Gasteiger partial charge in [0.2, 0.25) is 0 Å². The van der Waals surface area contributed by atoms with Gasteiger partial charge in [-0.1, -0.05) is 72.8 Å². The molecule has 1 aliphatic rings. The summed E-state index contributed by atoms with van der Waals surface area (Å²) in [5, 5.41) is 15.3. The smallest absolute Gasteiger partial charge is 0.264 e. The summed E-state index contributed by atoms with van der Waals surface area (Å²) in [6.07, 6.45) is 0.652. The molecule has 156 valence electrons. The summed E-state index contributed by atoms with van der Waals surface area (Å²) in [5.74, 6) is -0.492. The topological polar surface area (TPSA) is 94.3 Å². The maximum Gasteiger partial charge on any atom is 0.264 e. The third kappa shape index (κ3) is 4.47. The number of aliphatic imine (C=N–C) groups is 1. The van der Waals surface area contributed by atoms with E-state index in [-0.39, 0.29) is 17.2 Å². The van der Waals surface area contributed by atoms with Gasteiger partial charge >= 0.3 is 0 Å². The predicted octanol–water partition coefficient (Wildman–Crippen LogP) is 3.47. The highest BCUT2D eigenvalue weighted by Crippen LogP contribution is 2.30. The lowest BCUT2D eigenvalue weighted by atomic mass is 10.0. The van der Waals surface area contributed by atoms with E-state index >= 15 is 0 Å². The number of hydrogen-bond donors (Lipinski definition) is 2. The van der Waals surface area contributed by atoms with E-state index in [1.807, 2.05) is 48.5 Å². The SMILES string of the molecule is N#CC(C(=O)NCCc1ccccc1)=C1N=C(NC(=O)c2ccccc2)c2ccccc21. The van der Waals surface area contributed by atoms with Crippen LogP contribution in [0.1, 0.15) is 27.0 Å². The zero-order chi connectivity index (χ0) is 22.3. The Morgan fingerprint density at radius 2 is 1.47 bits per heavy atom. The van der Waals surface area contributed by atoms with E-state index < -0.39 is 5.91 Å². The number of amidine groups is 1. The van der Waals surface area contributed by atoms with Gasteiger partial charge in [-0.05, 0) is 24.1 Å². The van der Waals surface area contributed by atoms with Gasteiger partial charge in [-0.15, -0.1) is 0 Å². The molecule has 1 heterocycles. The van der Waals surface area contributed by atoms with E-state index in [1.165, 1.54) is 0 Å². The maximum atomic E-state index is 12.8. The van der Waals surface area contributed by atoms with Crippen molar-refractivity contribution in [1.29, 1.82) is 5.26 Å². The van der Waals surface area contributed by atoms with Crippen molar-refractivity contribution in [3.63, 3.8) is 0 Å². The van der Waals surface area contributed by atoms with Gasteiger partial charge in [-0.25, -0.2) is 4.99 Å². The summed E-state index contributed by atoms with van der Waals surface area (Å²) in [5.41, 5.74) is 3.04. The number of carbonyl (C=O) groups excluding carboxylic acids is 2. The van der Waals surface area contributed by atoms with E-state index in [1.54, 1.807) is 42.5 Å². The van der Waals surface area contributed by atoms with Crippen LogP contribution >= 0.6 is 0 Å². The average molecular weight is 420 g/mol. The Morgan fingerprint density at radius 1 is 0.844 bits per heavy atom. The van der Waals surface area contributed by atoms with Crippen molar-refractivity contribution in [2.45, 2.75) is 6.42 Å². The fourth-order valence-corrected chi connectivity index (χ4v) is 3.45. The van der Waals surface area contributed by atoms with Crippen molar-refractivity contribution in [3.05, 3.63) is 113 Å². The van der Waals surface area contributed by atoms with Crippen molar-refractivity contribution >= 4 is 23.3 Å². The summed E-state index contributed by atoms with van der Waals surface area (Å²) in [4.78, 5) is 29.8. The number of rotatable bonds is 5. The number of fused-ring (bicyclic) bond motifs is 1. The highest BCUT2D eigenvalue weighted by atomic mass is 16.2. The Bertz CT molecular complexity index is 1260. The first-order valence-corrected chi connectivity index (χ1v) is 10.2.